The van der Waals surface area contributed by atoms with E-state index in [4.69, 9.17) is 4.74 Å². The fraction of sp³-hybridized carbons (Fsp3) is 0.500. The molecule has 1 aromatic carbocycles. The predicted octanol–water partition coefficient (Wildman–Crippen LogP) is 3.61. The zero-order valence-corrected chi connectivity index (χ0v) is 15.5. The Morgan fingerprint density at radius 1 is 1.20 bits per heavy atom. The number of hydrogen-bond acceptors (Lipinski definition) is 5. The summed E-state index contributed by atoms with van der Waals surface area (Å²) in [6.45, 7) is 7.19. The SMILES string of the molecule is CCc1cc(NCC(c2cccc(OC)c2)N2CCCC2)nc(C)n1. The minimum atomic E-state index is 0.318. The fourth-order valence-electron chi connectivity index (χ4n) is 3.46. The Bertz CT molecular complexity index is 698. The molecule has 1 atom stereocenters. The van der Waals surface area contributed by atoms with Crippen LogP contribution >= 0.6 is 0 Å². The van der Waals surface area contributed by atoms with Gasteiger partial charge in [0.1, 0.15) is 17.4 Å². The maximum absolute atomic E-state index is 5.42. The van der Waals surface area contributed by atoms with Gasteiger partial charge >= 0.3 is 0 Å². The number of nitrogens with one attached hydrogen (secondary N) is 1. The van der Waals surface area contributed by atoms with Gasteiger partial charge in [-0.05, 0) is 57.0 Å². The Labute approximate surface area is 150 Å². The summed E-state index contributed by atoms with van der Waals surface area (Å²) in [4.78, 5) is 11.6. The highest BCUT2D eigenvalue weighted by Crippen LogP contribution is 2.28. The van der Waals surface area contributed by atoms with Gasteiger partial charge in [0, 0.05) is 18.3 Å². The maximum atomic E-state index is 5.42. The van der Waals surface area contributed by atoms with Crippen molar-refractivity contribution in [3.05, 3.63) is 47.4 Å². The third-order valence-corrected chi connectivity index (χ3v) is 4.79. The van der Waals surface area contributed by atoms with Gasteiger partial charge in [0.15, 0.2) is 0 Å². The standard InChI is InChI=1S/C20H28N4O/c1-4-17-13-20(23-15(2)22-17)21-14-19(24-10-5-6-11-24)16-8-7-9-18(12-16)25-3/h7-9,12-13,19H,4-6,10-11,14H2,1-3H3,(H,21,22,23). The summed E-state index contributed by atoms with van der Waals surface area (Å²) < 4.78 is 5.42. The first-order valence-electron chi connectivity index (χ1n) is 9.16. The molecule has 1 aliphatic heterocycles. The lowest BCUT2D eigenvalue weighted by Crippen LogP contribution is -2.31. The minimum absolute atomic E-state index is 0.318. The van der Waals surface area contributed by atoms with Crippen molar-refractivity contribution < 1.29 is 4.74 Å². The molecule has 5 nitrogen and oxygen atoms in total. The molecule has 5 heteroatoms. The molecule has 0 aliphatic carbocycles. The van der Waals surface area contributed by atoms with Crippen LogP contribution in [0.4, 0.5) is 5.82 Å². The highest BCUT2D eigenvalue weighted by atomic mass is 16.5. The summed E-state index contributed by atoms with van der Waals surface area (Å²) in [6, 6.07) is 10.8. The molecular formula is C20H28N4O. The number of likely N-dealkylation sites (tertiary alicyclic amines) is 1. The molecule has 1 aromatic heterocycles. The molecule has 1 saturated heterocycles. The molecule has 134 valence electrons. The average molecular weight is 340 g/mol. The van der Waals surface area contributed by atoms with E-state index in [-0.39, 0.29) is 0 Å². The molecule has 0 saturated carbocycles. The largest absolute Gasteiger partial charge is 0.497 e. The molecule has 0 amide bonds. The van der Waals surface area contributed by atoms with Crippen molar-refractivity contribution in [1.29, 1.82) is 0 Å². The van der Waals surface area contributed by atoms with E-state index in [1.165, 1.54) is 18.4 Å². The van der Waals surface area contributed by atoms with E-state index in [1.807, 2.05) is 13.0 Å². The van der Waals surface area contributed by atoms with Crippen molar-refractivity contribution in [2.75, 3.05) is 32.1 Å². The quantitative estimate of drug-likeness (QED) is 0.834. The van der Waals surface area contributed by atoms with Crippen LogP contribution in [0.2, 0.25) is 0 Å². The van der Waals surface area contributed by atoms with Crippen molar-refractivity contribution in [2.24, 2.45) is 0 Å². The molecule has 2 aromatic rings. The van der Waals surface area contributed by atoms with E-state index < -0.39 is 0 Å². The van der Waals surface area contributed by atoms with E-state index in [0.717, 1.165) is 49.1 Å². The lowest BCUT2D eigenvalue weighted by Gasteiger charge is -2.28. The number of rotatable bonds is 7. The molecule has 1 unspecified atom stereocenters. The van der Waals surface area contributed by atoms with Gasteiger partial charge in [-0.15, -0.1) is 0 Å². The van der Waals surface area contributed by atoms with E-state index in [9.17, 15) is 0 Å². The van der Waals surface area contributed by atoms with Gasteiger partial charge in [0.2, 0.25) is 0 Å². The Kier molecular flexibility index (Phi) is 5.87. The Morgan fingerprint density at radius 2 is 2.00 bits per heavy atom. The molecule has 0 spiro atoms. The van der Waals surface area contributed by atoms with Crippen LogP contribution in [0.1, 0.15) is 42.9 Å². The summed E-state index contributed by atoms with van der Waals surface area (Å²) in [7, 11) is 1.72. The normalized spacial score (nSPS) is 16.0. The zero-order chi connectivity index (χ0) is 17.6. The van der Waals surface area contributed by atoms with Crippen molar-refractivity contribution >= 4 is 5.82 Å². The summed E-state index contributed by atoms with van der Waals surface area (Å²) >= 11 is 0. The van der Waals surface area contributed by atoms with Gasteiger partial charge in [-0.1, -0.05) is 19.1 Å². The minimum Gasteiger partial charge on any atom is -0.497 e. The first kappa shape index (κ1) is 17.7. The first-order valence-corrected chi connectivity index (χ1v) is 9.16. The number of aromatic nitrogens is 2. The Morgan fingerprint density at radius 3 is 2.72 bits per heavy atom. The van der Waals surface area contributed by atoms with Gasteiger partial charge in [0.25, 0.3) is 0 Å². The van der Waals surface area contributed by atoms with Crippen LogP contribution in [0.3, 0.4) is 0 Å². The van der Waals surface area contributed by atoms with Crippen molar-refractivity contribution in [3.63, 3.8) is 0 Å². The van der Waals surface area contributed by atoms with Crippen LogP contribution in [-0.4, -0.2) is 41.6 Å². The number of methoxy groups -OCH3 is 1. The number of aryl methyl sites for hydroxylation is 2. The van der Waals surface area contributed by atoms with Crippen LogP contribution in [0.15, 0.2) is 30.3 Å². The van der Waals surface area contributed by atoms with Gasteiger partial charge in [-0.3, -0.25) is 4.90 Å². The van der Waals surface area contributed by atoms with Gasteiger partial charge in [0.05, 0.1) is 13.2 Å². The molecule has 1 N–H and O–H groups in total. The maximum Gasteiger partial charge on any atom is 0.129 e. The third-order valence-electron chi connectivity index (χ3n) is 4.79. The van der Waals surface area contributed by atoms with E-state index in [2.05, 4.69) is 51.4 Å². The topological polar surface area (TPSA) is 50.3 Å². The van der Waals surface area contributed by atoms with Crippen molar-refractivity contribution in [2.45, 2.75) is 39.2 Å². The Hall–Kier alpha value is -2.14. The number of nitrogens with zero attached hydrogens (tertiary/aromatic N) is 3. The monoisotopic (exact) mass is 340 g/mol. The highest BCUT2D eigenvalue weighted by molar-refractivity contribution is 5.38. The molecule has 3 rings (SSSR count). The average Bonchev–Trinajstić information content (AvgIpc) is 3.16. The number of benzene rings is 1. The van der Waals surface area contributed by atoms with Gasteiger partial charge in [-0.2, -0.15) is 0 Å². The van der Waals surface area contributed by atoms with Crippen LogP contribution in [-0.2, 0) is 6.42 Å². The van der Waals surface area contributed by atoms with E-state index in [1.54, 1.807) is 7.11 Å². The van der Waals surface area contributed by atoms with E-state index in [0.29, 0.717) is 6.04 Å². The van der Waals surface area contributed by atoms with Crippen LogP contribution in [0.25, 0.3) is 0 Å². The molecule has 0 radical (unpaired) electrons. The summed E-state index contributed by atoms with van der Waals surface area (Å²) in [5, 5.41) is 3.54. The molecular weight excluding hydrogens is 312 g/mol. The zero-order valence-electron chi connectivity index (χ0n) is 15.5. The van der Waals surface area contributed by atoms with Gasteiger partial charge in [-0.25, -0.2) is 9.97 Å². The predicted molar refractivity (Wildman–Crippen MR) is 101 cm³/mol. The van der Waals surface area contributed by atoms with Crippen LogP contribution < -0.4 is 10.1 Å². The number of hydrogen-bond donors (Lipinski definition) is 1. The molecule has 2 heterocycles. The lowest BCUT2D eigenvalue weighted by molar-refractivity contribution is 0.255. The fourth-order valence-corrected chi connectivity index (χ4v) is 3.46. The highest BCUT2D eigenvalue weighted by Gasteiger charge is 2.23. The molecule has 25 heavy (non-hydrogen) atoms. The van der Waals surface area contributed by atoms with Gasteiger partial charge < -0.3 is 10.1 Å². The van der Waals surface area contributed by atoms with Crippen molar-refractivity contribution in [1.82, 2.24) is 14.9 Å². The second kappa shape index (κ2) is 8.30. The second-order valence-electron chi connectivity index (χ2n) is 6.56. The van der Waals surface area contributed by atoms with Crippen molar-refractivity contribution in [3.8, 4) is 5.75 Å². The summed E-state index contributed by atoms with van der Waals surface area (Å²) in [5.74, 6) is 2.64. The van der Waals surface area contributed by atoms with Crippen LogP contribution in [0.5, 0.6) is 5.75 Å². The van der Waals surface area contributed by atoms with Crippen LogP contribution in [0, 0.1) is 6.92 Å². The first-order chi connectivity index (χ1) is 12.2. The summed E-state index contributed by atoms with van der Waals surface area (Å²) in [5.41, 5.74) is 2.37. The third kappa shape index (κ3) is 4.48. The number of anilines is 1. The molecule has 1 fully saturated rings. The molecule has 0 bridgehead atoms. The Balaban J connectivity index is 1.79. The second-order valence-corrected chi connectivity index (χ2v) is 6.56. The smallest absolute Gasteiger partial charge is 0.129 e. The molecule has 1 aliphatic rings. The summed E-state index contributed by atoms with van der Waals surface area (Å²) in [6.07, 6.45) is 3.46. The lowest BCUT2D eigenvalue weighted by atomic mass is 10.0. The van der Waals surface area contributed by atoms with E-state index >= 15 is 0 Å². The number of ether oxygens (including phenoxy) is 1.